The Morgan fingerprint density at radius 2 is 1.77 bits per heavy atom. The number of pyridine rings is 1. The molecule has 0 spiro atoms. The summed E-state index contributed by atoms with van der Waals surface area (Å²) in [6.07, 6.45) is 1.60. The van der Waals surface area contributed by atoms with Crippen LogP contribution in [-0.2, 0) is 11.4 Å². The number of aryl methyl sites for hydroxylation is 2. The van der Waals surface area contributed by atoms with Gasteiger partial charge in [0.15, 0.2) is 5.75 Å². The Morgan fingerprint density at radius 3 is 2.35 bits per heavy atom. The largest absolute Gasteiger partial charge is 0.487 e. The van der Waals surface area contributed by atoms with Crippen LogP contribution in [0.5, 0.6) is 17.4 Å². The second-order valence-electron chi connectivity index (χ2n) is 7.37. The molecule has 0 aliphatic carbocycles. The van der Waals surface area contributed by atoms with Crippen molar-refractivity contribution in [3.05, 3.63) is 87.6 Å². The van der Waals surface area contributed by atoms with Crippen LogP contribution in [-0.4, -0.2) is 16.1 Å². The van der Waals surface area contributed by atoms with Gasteiger partial charge in [0, 0.05) is 11.6 Å². The average Bonchev–Trinajstić information content (AvgIpc) is 2.75. The minimum atomic E-state index is -0.958. The van der Waals surface area contributed by atoms with Crippen LogP contribution in [0.1, 0.15) is 36.1 Å². The van der Waals surface area contributed by atoms with Gasteiger partial charge in [-0.25, -0.2) is 9.78 Å². The highest BCUT2D eigenvalue weighted by Gasteiger charge is 2.14. The Bertz CT molecular complexity index is 1100. The fraction of sp³-hybridized carbons (Fsp3) is 0.200. The third kappa shape index (κ3) is 5.64. The van der Waals surface area contributed by atoms with Crippen molar-refractivity contribution < 1.29 is 19.4 Å². The number of carboxylic acids is 1. The van der Waals surface area contributed by atoms with Crippen LogP contribution in [0.3, 0.4) is 0 Å². The third-order valence-electron chi connectivity index (χ3n) is 4.99. The molecule has 0 fully saturated rings. The van der Waals surface area contributed by atoms with E-state index in [0.717, 1.165) is 16.7 Å². The molecule has 3 rings (SSSR count). The van der Waals surface area contributed by atoms with Gasteiger partial charge in [0.25, 0.3) is 0 Å². The van der Waals surface area contributed by atoms with Crippen molar-refractivity contribution in [3.8, 4) is 17.4 Å². The molecular weight excluding hydrogens is 414 g/mol. The number of rotatable bonds is 7. The molecule has 1 heterocycles. The predicted molar refractivity (Wildman–Crippen MR) is 122 cm³/mol. The smallest absolute Gasteiger partial charge is 0.331 e. The molecule has 1 N–H and O–H groups in total. The minimum absolute atomic E-state index is 0.270. The Kier molecular flexibility index (Phi) is 6.98. The van der Waals surface area contributed by atoms with Crippen LogP contribution < -0.4 is 9.47 Å². The predicted octanol–water partition coefficient (Wildman–Crippen LogP) is 6.60. The zero-order valence-corrected chi connectivity index (χ0v) is 18.7. The Morgan fingerprint density at radius 1 is 1.06 bits per heavy atom. The first-order valence-electron chi connectivity index (χ1n) is 9.78. The molecule has 0 saturated heterocycles. The standard InChI is InChI=1S/C25H24ClNO4/c1-15-5-7-19(8-6-15)14-30-21-9-10-23(27-13-21)31-24-16(2)11-20(12-22(24)26)17(3)18(4)25(28)29/h5-13H,14H2,1-4H3,(H,28,29). The molecular formula is C25H24ClNO4. The number of aliphatic carboxylic acids is 1. The molecule has 5 nitrogen and oxygen atoms in total. The van der Waals surface area contributed by atoms with Gasteiger partial charge < -0.3 is 14.6 Å². The van der Waals surface area contributed by atoms with Crippen molar-refractivity contribution in [2.75, 3.05) is 0 Å². The lowest BCUT2D eigenvalue weighted by atomic mass is 10.00. The number of carboxylic acid groups (broad SMARTS) is 1. The molecule has 0 bridgehead atoms. The first-order chi connectivity index (χ1) is 14.7. The van der Waals surface area contributed by atoms with Crippen molar-refractivity contribution in [2.45, 2.75) is 34.3 Å². The summed E-state index contributed by atoms with van der Waals surface area (Å²) in [5, 5.41) is 9.59. The zero-order valence-electron chi connectivity index (χ0n) is 17.9. The van der Waals surface area contributed by atoms with Crippen LogP contribution in [0.25, 0.3) is 5.57 Å². The fourth-order valence-corrected chi connectivity index (χ4v) is 3.23. The molecule has 1 aromatic heterocycles. The number of ether oxygens (including phenoxy) is 2. The van der Waals surface area contributed by atoms with Crippen LogP contribution in [0.2, 0.25) is 5.02 Å². The second kappa shape index (κ2) is 9.67. The molecule has 0 saturated carbocycles. The van der Waals surface area contributed by atoms with E-state index in [4.69, 9.17) is 21.1 Å². The number of hydrogen-bond donors (Lipinski definition) is 1. The minimum Gasteiger partial charge on any atom is -0.487 e. The number of nitrogens with zero attached hydrogens (tertiary/aromatic N) is 1. The fourth-order valence-electron chi connectivity index (χ4n) is 2.92. The van der Waals surface area contributed by atoms with Crippen molar-refractivity contribution in [2.24, 2.45) is 0 Å². The lowest BCUT2D eigenvalue weighted by Gasteiger charge is -2.13. The van der Waals surface area contributed by atoms with E-state index < -0.39 is 5.97 Å². The van der Waals surface area contributed by atoms with Crippen molar-refractivity contribution in [1.82, 2.24) is 4.98 Å². The molecule has 0 radical (unpaired) electrons. The summed E-state index contributed by atoms with van der Waals surface area (Å²) in [6.45, 7) is 7.68. The average molecular weight is 438 g/mol. The molecule has 0 aliphatic heterocycles. The summed E-state index contributed by atoms with van der Waals surface area (Å²) in [5.41, 5.74) is 4.72. The van der Waals surface area contributed by atoms with E-state index in [-0.39, 0.29) is 5.57 Å². The van der Waals surface area contributed by atoms with Gasteiger partial charge in [0.05, 0.1) is 11.2 Å². The number of carbonyl (C=O) groups is 1. The molecule has 160 valence electrons. The highest BCUT2D eigenvalue weighted by Crippen LogP contribution is 2.35. The molecule has 0 atom stereocenters. The summed E-state index contributed by atoms with van der Waals surface area (Å²) in [5.74, 6) is 0.540. The van der Waals surface area contributed by atoms with Gasteiger partial charge in [-0.3, -0.25) is 0 Å². The monoisotopic (exact) mass is 437 g/mol. The molecule has 0 amide bonds. The lowest BCUT2D eigenvalue weighted by molar-refractivity contribution is -0.132. The molecule has 0 unspecified atom stereocenters. The van der Waals surface area contributed by atoms with E-state index in [2.05, 4.69) is 4.98 Å². The van der Waals surface area contributed by atoms with Crippen LogP contribution in [0.15, 0.2) is 60.3 Å². The van der Waals surface area contributed by atoms with E-state index in [1.54, 1.807) is 38.2 Å². The highest BCUT2D eigenvalue weighted by molar-refractivity contribution is 6.32. The molecule has 2 aromatic carbocycles. The molecule has 31 heavy (non-hydrogen) atoms. The second-order valence-corrected chi connectivity index (χ2v) is 7.77. The number of aromatic nitrogens is 1. The van der Waals surface area contributed by atoms with Gasteiger partial charge in [-0.05, 0) is 68.2 Å². The van der Waals surface area contributed by atoms with Gasteiger partial charge in [-0.15, -0.1) is 0 Å². The molecule has 6 heteroatoms. The summed E-state index contributed by atoms with van der Waals surface area (Å²) in [6, 6.07) is 15.2. The number of benzene rings is 2. The van der Waals surface area contributed by atoms with Crippen molar-refractivity contribution >= 4 is 23.1 Å². The summed E-state index contributed by atoms with van der Waals surface area (Å²) < 4.78 is 11.7. The van der Waals surface area contributed by atoms with Crippen LogP contribution >= 0.6 is 11.6 Å². The maximum atomic E-state index is 11.2. The number of allylic oxidation sites excluding steroid dienone is 1. The third-order valence-corrected chi connectivity index (χ3v) is 5.27. The normalized spacial score (nSPS) is 11.6. The summed E-state index contributed by atoms with van der Waals surface area (Å²) in [4.78, 5) is 15.5. The Labute approximate surface area is 186 Å². The Hall–Kier alpha value is -3.31. The van der Waals surface area contributed by atoms with Gasteiger partial charge in [0.1, 0.15) is 12.4 Å². The first-order valence-corrected chi connectivity index (χ1v) is 10.2. The van der Waals surface area contributed by atoms with Gasteiger partial charge >= 0.3 is 5.97 Å². The van der Waals surface area contributed by atoms with Gasteiger partial charge in [0.2, 0.25) is 5.88 Å². The SMILES string of the molecule is CC(C(=O)O)=C(C)c1cc(C)c(Oc2ccc(OCc3ccc(C)cc3)cn2)c(Cl)c1. The number of hydrogen-bond acceptors (Lipinski definition) is 4. The van der Waals surface area contributed by atoms with Crippen molar-refractivity contribution in [1.29, 1.82) is 0 Å². The topological polar surface area (TPSA) is 68.7 Å². The summed E-state index contributed by atoms with van der Waals surface area (Å²) >= 11 is 6.43. The van der Waals surface area contributed by atoms with Crippen LogP contribution in [0, 0.1) is 13.8 Å². The van der Waals surface area contributed by atoms with Gasteiger partial charge in [-0.1, -0.05) is 41.4 Å². The van der Waals surface area contributed by atoms with E-state index >= 15 is 0 Å². The Balaban J connectivity index is 1.71. The maximum Gasteiger partial charge on any atom is 0.331 e. The maximum absolute atomic E-state index is 11.2. The van der Waals surface area contributed by atoms with Crippen LogP contribution in [0.4, 0.5) is 0 Å². The van der Waals surface area contributed by atoms with E-state index in [1.165, 1.54) is 5.56 Å². The van der Waals surface area contributed by atoms with E-state index in [0.29, 0.717) is 34.6 Å². The van der Waals surface area contributed by atoms with E-state index in [9.17, 15) is 9.90 Å². The highest BCUT2D eigenvalue weighted by atomic mass is 35.5. The summed E-state index contributed by atoms with van der Waals surface area (Å²) in [7, 11) is 0. The van der Waals surface area contributed by atoms with Crippen molar-refractivity contribution in [3.63, 3.8) is 0 Å². The van der Waals surface area contributed by atoms with E-state index in [1.807, 2.05) is 44.2 Å². The molecule has 0 aliphatic rings. The lowest BCUT2D eigenvalue weighted by Crippen LogP contribution is -2.00. The quantitative estimate of drug-likeness (QED) is 0.421. The zero-order chi connectivity index (χ0) is 22.5. The first kappa shape index (κ1) is 22.4. The van der Waals surface area contributed by atoms with Gasteiger partial charge in [-0.2, -0.15) is 0 Å². The molecule has 3 aromatic rings. The number of halogens is 1.